The second-order valence-corrected chi connectivity index (χ2v) is 3.71. The van der Waals surface area contributed by atoms with Crippen LogP contribution in [0.2, 0.25) is 0 Å². The van der Waals surface area contributed by atoms with Crippen molar-refractivity contribution in [3.8, 4) is 5.75 Å². The number of hydrogen-bond donors (Lipinski definition) is 1. The normalized spacial score (nSPS) is 15.4. The highest BCUT2D eigenvalue weighted by Gasteiger charge is 2.37. The van der Waals surface area contributed by atoms with Crippen molar-refractivity contribution in [2.24, 2.45) is 0 Å². The van der Waals surface area contributed by atoms with Crippen molar-refractivity contribution in [3.63, 3.8) is 0 Å². The SMILES string of the molecule is OCCN1CCOc2cccc(C(F)(F)F)c21. The maximum Gasteiger partial charge on any atom is 0.418 e. The molecule has 0 atom stereocenters. The predicted molar refractivity (Wildman–Crippen MR) is 56.2 cm³/mol. The molecule has 1 aromatic carbocycles. The first kappa shape index (κ1) is 12.0. The summed E-state index contributed by atoms with van der Waals surface area (Å²) in [5.41, 5.74) is -0.691. The first-order chi connectivity index (χ1) is 8.04. The molecule has 0 saturated heterocycles. The highest BCUT2D eigenvalue weighted by molar-refractivity contribution is 5.66. The van der Waals surface area contributed by atoms with Gasteiger partial charge in [0.1, 0.15) is 12.4 Å². The predicted octanol–water partition coefficient (Wildman–Crippen LogP) is 1.90. The van der Waals surface area contributed by atoms with Gasteiger partial charge in [-0.25, -0.2) is 0 Å². The lowest BCUT2D eigenvalue weighted by Gasteiger charge is -2.32. The van der Waals surface area contributed by atoms with Gasteiger partial charge in [0, 0.05) is 6.54 Å². The Morgan fingerprint density at radius 2 is 2.12 bits per heavy atom. The fourth-order valence-electron chi connectivity index (χ4n) is 1.92. The Morgan fingerprint density at radius 1 is 1.35 bits per heavy atom. The van der Waals surface area contributed by atoms with E-state index in [-0.39, 0.29) is 24.6 Å². The molecule has 0 unspecified atom stereocenters. The summed E-state index contributed by atoms with van der Waals surface area (Å²) in [5.74, 6) is 0.222. The van der Waals surface area contributed by atoms with E-state index in [4.69, 9.17) is 9.84 Å². The molecule has 1 aliphatic heterocycles. The van der Waals surface area contributed by atoms with Crippen molar-refractivity contribution < 1.29 is 23.0 Å². The molecule has 3 nitrogen and oxygen atoms in total. The summed E-state index contributed by atoms with van der Waals surface area (Å²) in [5, 5.41) is 8.87. The fourth-order valence-corrected chi connectivity index (χ4v) is 1.92. The number of hydrogen-bond acceptors (Lipinski definition) is 3. The fraction of sp³-hybridized carbons (Fsp3) is 0.455. The lowest BCUT2D eigenvalue weighted by Crippen LogP contribution is -2.36. The first-order valence-corrected chi connectivity index (χ1v) is 5.23. The number of benzene rings is 1. The van der Waals surface area contributed by atoms with E-state index in [1.165, 1.54) is 17.0 Å². The topological polar surface area (TPSA) is 32.7 Å². The van der Waals surface area contributed by atoms with Crippen molar-refractivity contribution >= 4 is 5.69 Å². The van der Waals surface area contributed by atoms with Gasteiger partial charge in [0.05, 0.1) is 24.4 Å². The minimum Gasteiger partial charge on any atom is -0.490 e. The van der Waals surface area contributed by atoms with E-state index in [0.717, 1.165) is 6.07 Å². The molecule has 1 aliphatic rings. The molecule has 0 saturated carbocycles. The van der Waals surface area contributed by atoms with Crippen LogP contribution in [0, 0.1) is 0 Å². The Hall–Kier alpha value is -1.43. The van der Waals surface area contributed by atoms with Crippen LogP contribution in [0.3, 0.4) is 0 Å². The molecule has 0 fully saturated rings. The molecule has 0 aromatic heterocycles. The van der Waals surface area contributed by atoms with Gasteiger partial charge >= 0.3 is 6.18 Å². The van der Waals surface area contributed by atoms with Crippen LogP contribution >= 0.6 is 0 Å². The molecular formula is C11H12F3NO2. The molecule has 0 bridgehead atoms. The second kappa shape index (κ2) is 4.44. The van der Waals surface area contributed by atoms with Crippen molar-refractivity contribution in [2.75, 3.05) is 31.2 Å². The average molecular weight is 247 g/mol. The number of alkyl halides is 3. The zero-order valence-electron chi connectivity index (χ0n) is 9.00. The Balaban J connectivity index is 2.49. The van der Waals surface area contributed by atoms with Crippen LogP contribution in [0.4, 0.5) is 18.9 Å². The Labute approximate surface area is 96.4 Å². The number of nitrogens with zero attached hydrogens (tertiary/aromatic N) is 1. The molecule has 17 heavy (non-hydrogen) atoms. The Bertz CT molecular complexity index is 406. The monoisotopic (exact) mass is 247 g/mol. The van der Waals surface area contributed by atoms with Gasteiger partial charge in [-0.3, -0.25) is 0 Å². The van der Waals surface area contributed by atoms with Crippen molar-refractivity contribution in [1.82, 2.24) is 0 Å². The van der Waals surface area contributed by atoms with E-state index >= 15 is 0 Å². The smallest absolute Gasteiger partial charge is 0.418 e. The van der Waals surface area contributed by atoms with Gasteiger partial charge in [-0.15, -0.1) is 0 Å². The standard InChI is InChI=1S/C11H12F3NO2/c12-11(13,14)8-2-1-3-9-10(8)15(4-6-16)5-7-17-9/h1-3,16H,4-7H2. The van der Waals surface area contributed by atoms with E-state index in [0.29, 0.717) is 13.2 Å². The molecule has 0 spiro atoms. The van der Waals surface area contributed by atoms with Gasteiger partial charge < -0.3 is 14.7 Å². The summed E-state index contributed by atoms with van der Waals surface area (Å²) in [7, 11) is 0. The van der Waals surface area contributed by atoms with Gasteiger partial charge in [0.25, 0.3) is 0 Å². The third kappa shape index (κ3) is 2.31. The molecule has 0 amide bonds. The maximum atomic E-state index is 12.8. The Kier molecular flexibility index (Phi) is 3.15. The van der Waals surface area contributed by atoms with Crippen molar-refractivity contribution in [3.05, 3.63) is 23.8 Å². The molecule has 94 valence electrons. The lowest BCUT2D eigenvalue weighted by molar-refractivity contribution is -0.137. The summed E-state index contributed by atoms with van der Waals surface area (Å²) in [4.78, 5) is 1.50. The van der Waals surface area contributed by atoms with Crippen molar-refractivity contribution in [2.45, 2.75) is 6.18 Å². The van der Waals surface area contributed by atoms with Crippen LogP contribution in [0.5, 0.6) is 5.75 Å². The van der Waals surface area contributed by atoms with E-state index in [1.807, 2.05) is 0 Å². The number of β-amino-alcohol motifs (C(OH)–C–C–N with tert-alkyl or cyclic N) is 1. The molecule has 2 rings (SSSR count). The minimum absolute atomic E-state index is 0.0281. The minimum atomic E-state index is -4.42. The lowest BCUT2D eigenvalue weighted by atomic mass is 10.1. The van der Waals surface area contributed by atoms with Crippen LogP contribution in [0.25, 0.3) is 0 Å². The van der Waals surface area contributed by atoms with Crippen LogP contribution in [-0.2, 0) is 6.18 Å². The summed E-state index contributed by atoms with van der Waals surface area (Å²) >= 11 is 0. The van der Waals surface area contributed by atoms with Crippen LogP contribution < -0.4 is 9.64 Å². The molecule has 0 aliphatic carbocycles. The number of anilines is 1. The molecular weight excluding hydrogens is 235 g/mol. The number of rotatable bonds is 2. The van der Waals surface area contributed by atoms with Gasteiger partial charge in [0.2, 0.25) is 0 Å². The van der Waals surface area contributed by atoms with Crippen LogP contribution in [-0.4, -0.2) is 31.4 Å². The van der Waals surface area contributed by atoms with E-state index in [9.17, 15) is 13.2 Å². The number of halogens is 3. The third-order valence-corrected chi connectivity index (χ3v) is 2.61. The summed E-state index contributed by atoms with van der Waals surface area (Å²) in [6.07, 6.45) is -4.42. The number of aliphatic hydroxyl groups is 1. The van der Waals surface area contributed by atoms with Crippen LogP contribution in [0.1, 0.15) is 5.56 Å². The molecule has 1 aromatic rings. The first-order valence-electron chi connectivity index (χ1n) is 5.23. The second-order valence-electron chi connectivity index (χ2n) is 3.71. The Morgan fingerprint density at radius 3 is 2.76 bits per heavy atom. The van der Waals surface area contributed by atoms with E-state index in [1.54, 1.807) is 0 Å². The van der Waals surface area contributed by atoms with Gasteiger partial charge in [-0.1, -0.05) is 6.07 Å². The molecule has 0 radical (unpaired) electrons. The van der Waals surface area contributed by atoms with Gasteiger partial charge in [0.15, 0.2) is 0 Å². The summed E-state index contributed by atoms with van der Waals surface area (Å²) < 4.78 is 43.7. The highest BCUT2D eigenvalue weighted by atomic mass is 19.4. The number of para-hydroxylation sites is 1. The zero-order valence-corrected chi connectivity index (χ0v) is 9.00. The van der Waals surface area contributed by atoms with Crippen LogP contribution in [0.15, 0.2) is 18.2 Å². The quantitative estimate of drug-likeness (QED) is 0.866. The van der Waals surface area contributed by atoms with E-state index in [2.05, 4.69) is 0 Å². The molecule has 1 N–H and O–H groups in total. The average Bonchev–Trinajstić information content (AvgIpc) is 2.28. The largest absolute Gasteiger partial charge is 0.490 e. The summed E-state index contributed by atoms with van der Waals surface area (Å²) in [6, 6.07) is 3.86. The summed E-state index contributed by atoms with van der Waals surface area (Å²) in [6.45, 7) is 0.657. The number of ether oxygens (including phenoxy) is 1. The zero-order chi connectivity index (χ0) is 12.5. The maximum absolute atomic E-state index is 12.8. The molecule has 6 heteroatoms. The van der Waals surface area contributed by atoms with Gasteiger partial charge in [-0.2, -0.15) is 13.2 Å². The number of aliphatic hydroxyl groups excluding tert-OH is 1. The number of fused-ring (bicyclic) bond motifs is 1. The third-order valence-electron chi connectivity index (χ3n) is 2.61. The molecule has 1 heterocycles. The van der Waals surface area contributed by atoms with E-state index < -0.39 is 11.7 Å². The highest BCUT2D eigenvalue weighted by Crippen LogP contribution is 2.43. The van der Waals surface area contributed by atoms with Gasteiger partial charge in [-0.05, 0) is 12.1 Å². The van der Waals surface area contributed by atoms with Crippen molar-refractivity contribution in [1.29, 1.82) is 0 Å².